The fourth-order valence-corrected chi connectivity index (χ4v) is 3.47. The topological polar surface area (TPSA) is 92.0 Å². The van der Waals surface area contributed by atoms with Crippen molar-refractivity contribution in [1.82, 2.24) is 14.6 Å². The molecule has 8 nitrogen and oxygen atoms in total. The third-order valence-corrected chi connectivity index (χ3v) is 4.66. The molecule has 0 aliphatic rings. The third-order valence-electron chi connectivity index (χ3n) is 3.50. The van der Waals surface area contributed by atoms with Crippen molar-refractivity contribution in [2.24, 2.45) is 0 Å². The molecular weight excluding hydrogens is 394 g/mol. The summed E-state index contributed by atoms with van der Waals surface area (Å²) in [5.74, 6) is 0.0988. The highest BCUT2D eigenvalue weighted by Gasteiger charge is 2.17. The first-order chi connectivity index (χ1) is 12.9. The maximum atomic E-state index is 12.4. The largest absolute Gasteiger partial charge is 0.493 e. The Balaban J connectivity index is 1.79. The van der Waals surface area contributed by atoms with Crippen LogP contribution in [0.25, 0.3) is 4.96 Å². The van der Waals surface area contributed by atoms with Gasteiger partial charge in [0, 0.05) is 11.8 Å². The van der Waals surface area contributed by atoms with E-state index in [0.29, 0.717) is 33.8 Å². The molecule has 1 aromatic carbocycles. The summed E-state index contributed by atoms with van der Waals surface area (Å²) in [4.78, 5) is 28.9. The van der Waals surface area contributed by atoms with Gasteiger partial charge in [0.15, 0.2) is 16.5 Å². The number of carbonyl (C=O) groups excluding carboxylic acids is 1. The molecule has 0 fully saturated rings. The molecule has 27 heavy (non-hydrogen) atoms. The minimum Gasteiger partial charge on any atom is -0.493 e. The van der Waals surface area contributed by atoms with E-state index in [1.54, 1.807) is 6.92 Å². The lowest BCUT2D eigenvalue weighted by atomic mass is 10.2. The Morgan fingerprint density at radius 2 is 2.11 bits per heavy atom. The van der Waals surface area contributed by atoms with Crippen molar-refractivity contribution in [1.29, 1.82) is 0 Å². The molecule has 0 atom stereocenters. The van der Waals surface area contributed by atoms with Gasteiger partial charge in [-0.3, -0.25) is 4.79 Å². The zero-order chi connectivity index (χ0) is 19.6. The van der Waals surface area contributed by atoms with E-state index in [4.69, 9.17) is 25.8 Å². The van der Waals surface area contributed by atoms with Crippen molar-refractivity contribution < 1.29 is 19.0 Å². The van der Waals surface area contributed by atoms with Crippen LogP contribution in [0.3, 0.4) is 0 Å². The van der Waals surface area contributed by atoms with Crippen LogP contribution in [-0.2, 0) is 11.3 Å². The van der Waals surface area contributed by atoms with Gasteiger partial charge >= 0.3 is 5.97 Å². The maximum absolute atomic E-state index is 12.4. The number of rotatable bonds is 6. The van der Waals surface area contributed by atoms with Gasteiger partial charge < -0.3 is 14.2 Å². The summed E-state index contributed by atoms with van der Waals surface area (Å²) >= 11 is 7.34. The maximum Gasteiger partial charge on any atom is 0.338 e. The van der Waals surface area contributed by atoms with E-state index in [2.05, 4.69) is 10.1 Å². The standard InChI is InChI=1S/C17H16ClN3O5S/c1-4-25-15-11(18)6-10(7-12(15)24-3)16(23)26-8-13-20-21-14(22)5-9(2)19-17(21)27-13/h5-7H,4,8H2,1-3H3. The summed E-state index contributed by atoms with van der Waals surface area (Å²) in [6.07, 6.45) is 0. The van der Waals surface area contributed by atoms with Crippen molar-refractivity contribution in [3.05, 3.63) is 49.8 Å². The molecular formula is C17H16ClN3O5S. The number of halogens is 1. The van der Waals surface area contributed by atoms with Gasteiger partial charge in [-0.05, 0) is 26.0 Å². The van der Waals surface area contributed by atoms with E-state index in [9.17, 15) is 9.59 Å². The number of fused-ring (bicyclic) bond motifs is 1. The smallest absolute Gasteiger partial charge is 0.338 e. The van der Waals surface area contributed by atoms with Crippen LogP contribution in [-0.4, -0.2) is 34.3 Å². The predicted molar refractivity (Wildman–Crippen MR) is 100 cm³/mol. The number of aromatic nitrogens is 3. The average molecular weight is 410 g/mol. The van der Waals surface area contributed by atoms with Crippen molar-refractivity contribution in [3.63, 3.8) is 0 Å². The quantitative estimate of drug-likeness (QED) is 0.578. The van der Waals surface area contributed by atoms with E-state index in [0.717, 1.165) is 0 Å². The third kappa shape index (κ3) is 4.04. The molecule has 0 radical (unpaired) electrons. The monoisotopic (exact) mass is 409 g/mol. The van der Waals surface area contributed by atoms with E-state index in [-0.39, 0.29) is 22.8 Å². The van der Waals surface area contributed by atoms with E-state index in [1.165, 1.54) is 41.2 Å². The lowest BCUT2D eigenvalue weighted by Gasteiger charge is -2.12. The van der Waals surface area contributed by atoms with Crippen molar-refractivity contribution in [2.75, 3.05) is 13.7 Å². The van der Waals surface area contributed by atoms with Crippen LogP contribution in [0, 0.1) is 6.92 Å². The Morgan fingerprint density at radius 1 is 1.33 bits per heavy atom. The molecule has 0 saturated carbocycles. The number of methoxy groups -OCH3 is 1. The molecule has 0 bridgehead atoms. The second-order valence-electron chi connectivity index (χ2n) is 5.42. The van der Waals surface area contributed by atoms with Gasteiger partial charge in [0.05, 0.1) is 24.3 Å². The number of aryl methyl sites for hydroxylation is 1. The van der Waals surface area contributed by atoms with Crippen LogP contribution in [0.2, 0.25) is 5.02 Å². The Kier molecular flexibility index (Phi) is 5.62. The Bertz CT molecular complexity index is 1060. The SMILES string of the molecule is CCOc1c(Cl)cc(C(=O)OCc2nn3c(=O)cc(C)nc3s2)cc1OC. The van der Waals surface area contributed by atoms with Gasteiger partial charge in [0.1, 0.15) is 6.61 Å². The molecule has 0 spiro atoms. The minimum atomic E-state index is -0.603. The summed E-state index contributed by atoms with van der Waals surface area (Å²) in [6, 6.07) is 4.33. The minimum absolute atomic E-state index is 0.0987. The summed E-state index contributed by atoms with van der Waals surface area (Å²) in [7, 11) is 1.46. The normalized spacial score (nSPS) is 10.8. The van der Waals surface area contributed by atoms with Gasteiger partial charge in [-0.2, -0.15) is 9.61 Å². The molecule has 3 rings (SSSR count). The van der Waals surface area contributed by atoms with E-state index in [1.807, 2.05) is 6.92 Å². The number of hydrogen-bond donors (Lipinski definition) is 0. The highest BCUT2D eigenvalue weighted by molar-refractivity contribution is 7.16. The molecule has 10 heteroatoms. The molecule has 0 saturated heterocycles. The summed E-state index contributed by atoms with van der Waals surface area (Å²) in [6.45, 7) is 3.85. The van der Waals surface area contributed by atoms with Crippen LogP contribution in [0.15, 0.2) is 23.0 Å². The predicted octanol–water partition coefficient (Wildman–Crippen LogP) is 2.88. The molecule has 2 aromatic heterocycles. The first-order valence-electron chi connectivity index (χ1n) is 7.96. The average Bonchev–Trinajstić information content (AvgIpc) is 3.04. The zero-order valence-corrected chi connectivity index (χ0v) is 16.4. The Hall–Kier alpha value is -2.65. The Morgan fingerprint density at radius 3 is 2.81 bits per heavy atom. The fourth-order valence-electron chi connectivity index (χ4n) is 2.35. The molecule has 3 aromatic rings. The lowest BCUT2D eigenvalue weighted by Crippen LogP contribution is -2.14. The van der Waals surface area contributed by atoms with Crippen LogP contribution >= 0.6 is 22.9 Å². The highest BCUT2D eigenvalue weighted by atomic mass is 35.5. The number of esters is 1. The molecule has 0 amide bonds. The first-order valence-corrected chi connectivity index (χ1v) is 9.16. The molecule has 0 unspecified atom stereocenters. The molecule has 2 heterocycles. The van der Waals surface area contributed by atoms with E-state index < -0.39 is 5.97 Å². The van der Waals surface area contributed by atoms with Gasteiger partial charge in [-0.1, -0.05) is 22.9 Å². The summed E-state index contributed by atoms with van der Waals surface area (Å²) in [5, 5.41) is 4.81. The highest BCUT2D eigenvalue weighted by Crippen LogP contribution is 2.36. The lowest BCUT2D eigenvalue weighted by molar-refractivity contribution is 0.0471. The molecule has 0 aliphatic carbocycles. The zero-order valence-electron chi connectivity index (χ0n) is 14.8. The number of carbonyl (C=O) groups is 1. The summed E-state index contributed by atoms with van der Waals surface area (Å²) < 4.78 is 17.1. The van der Waals surface area contributed by atoms with Gasteiger partial charge in [-0.15, -0.1) is 0 Å². The molecule has 0 N–H and O–H groups in total. The van der Waals surface area contributed by atoms with Crippen molar-refractivity contribution >= 4 is 33.9 Å². The Labute approximate surface area is 163 Å². The molecule has 142 valence electrons. The van der Waals surface area contributed by atoms with Gasteiger partial charge in [-0.25, -0.2) is 9.78 Å². The fraction of sp³-hybridized carbons (Fsp3) is 0.294. The van der Waals surface area contributed by atoms with Crippen LogP contribution in [0.4, 0.5) is 0 Å². The first kappa shape index (κ1) is 19.1. The van der Waals surface area contributed by atoms with Gasteiger partial charge in [0.2, 0.25) is 4.96 Å². The van der Waals surface area contributed by atoms with Crippen LogP contribution in [0.1, 0.15) is 28.0 Å². The number of benzene rings is 1. The van der Waals surface area contributed by atoms with Crippen LogP contribution < -0.4 is 15.0 Å². The number of nitrogens with zero attached hydrogens (tertiary/aromatic N) is 3. The van der Waals surface area contributed by atoms with Gasteiger partial charge in [0.25, 0.3) is 5.56 Å². The number of ether oxygens (including phenoxy) is 3. The van der Waals surface area contributed by atoms with Crippen molar-refractivity contribution in [2.45, 2.75) is 20.5 Å². The van der Waals surface area contributed by atoms with E-state index >= 15 is 0 Å². The second kappa shape index (κ2) is 7.93. The summed E-state index contributed by atoms with van der Waals surface area (Å²) in [5.41, 5.74) is 0.533. The van der Waals surface area contributed by atoms with Crippen molar-refractivity contribution in [3.8, 4) is 11.5 Å². The second-order valence-corrected chi connectivity index (χ2v) is 6.87. The molecule has 0 aliphatic heterocycles. The van der Waals surface area contributed by atoms with Crippen LogP contribution in [0.5, 0.6) is 11.5 Å². The number of hydrogen-bond acceptors (Lipinski definition) is 8.